The Morgan fingerprint density at radius 3 is 2.76 bits per heavy atom. The number of alkyl halides is 1. The summed E-state index contributed by atoms with van der Waals surface area (Å²) < 4.78 is 30.2. The molecule has 3 aromatic rings. The van der Waals surface area contributed by atoms with Crippen molar-refractivity contribution in [3.63, 3.8) is 0 Å². The number of benzene rings is 1. The monoisotopic (exact) mass is 326 g/mol. The summed E-state index contributed by atoms with van der Waals surface area (Å²) in [6, 6.07) is 6.86. The van der Waals surface area contributed by atoms with E-state index in [2.05, 4.69) is 5.10 Å². The Morgan fingerprint density at radius 2 is 2.00 bits per heavy atom. The Morgan fingerprint density at radius 1 is 1.24 bits per heavy atom. The predicted molar refractivity (Wildman–Crippen MR) is 80.3 cm³/mol. The Kier molecular flexibility index (Phi) is 3.46. The van der Waals surface area contributed by atoms with E-state index in [-0.39, 0.29) is 17.0 Å². The number of nitrogens with zero attached hydrogens (tertiary/aromatic N) is 2. The number of aromatic nitrogens is 2. The SMILES string of the molecule is O=c1oc2ccccc2c2nn(S(=O)(=O)CCCCl)cc12. The number of hydrogen-bond donors (Lipinski definition) is 0. The lowest BCUT2D eigenvalue weighted by molar-refractivity contribution is 0.569. The molecule has 0 aliphatic heterocycles. The standard InChI is InChI=1S/C13H11ClN2O4S/c14-6-3-7-21(18,19)16-8-10-12(15-16)9-4-1-2-5-11(9)20-13(10)17/h1-2,4-5,8H,3,6-7H2. The number of rotatable bonds is 4. The van der Waals surface area contributed by atoms with Crippen molar-refractivity contribution in [1.29, 1.82) is 0 Å². The van der Waals surface area contributed by atoms with E-state index in [9.17, 15) is 13.2 Å². The molecule has 0 amide bonds. The molecule has 0 saturated heterocycles. The van der Waals surface area contributed by atoms with Crippen LogP contribution in [0, 0.1) is 0 Å². The summed E-state index contributed by atoms with van der Waals surface area (Å²) in [6.45, 7) is 0. The van der Waals surface area contributed by atoms with Gasteiger partial charge >= 0.3 is 5.63 Å². The second-order valence-electron chi connectivity index (χ2n) is 4.51. The van der Waals surface area contributed by atoms with E-state index in [1.807, 2.05) is 0 Å². The Labute approximate surface area is 125 Å². The van der Waals surface area contributed by atoms with E-state index >= 15 is 0 Å². The highest BCUT2D eigenvalue weighted by atomic mass is 35.5. The first-order valence-electron chi connectivity index (χ1n) is 6.23. The van der Waals surface area contributed by atoms with E-state index in [1.165, 1.54) is 6.20 Å². The van der Waals surface area contributed by atoms with Crippen molar-refractivity contribution >= 4 is 43.5 Å². The van der Waals surface area contributed by atoms with E-state index in [4.69, 9.17) is 16.0 Å². The average Bonchev–Trinajstić information content (AvgIpc) is 2.92. The van der Waals surface area contributed by atoms with Crippen molar-refractivity contribution in [2.45, 2.75) is 6.42 Å². The van der Waals surface area contributed by atoms with Gasteiger partial charge in [-0.15, -0.1) is 11.6 Å². The van der Waals surface area contributed by atoms with E-state index in [0.29, 0.717) is 22.9 Å². The fourth-order valence-corrected chi connectivity index (χ4v) is 3.54. The lowest BCUT2D eigenvalue weighted by Gasteiger charge is -2.01. The van der Waals surface area contributed by atoms with Crippen LogP contribution in [0.2, 0.25) is 0 Å². The van der Waals surface area contributed by atoms with Crippen molar-refractivity contribution in [2.24, 2.45) is 0 Å². The molecule has 0 spiro atoms. The molecule has 3 rings (SSSR count). The van der Waals surface area contributed by atoms with Crippen LogP contribution in [0.4, 0.5) is 0 Å². The fraction of sp³-hybridized carbons (Fsp3) is 0.231. The molecular formula is C13H11ClN2O4S. The van der Waals surface area contributed by atoms with Gasteiger partial charge in [0.15, 0.2) is 0 Å². The molecule has 6 nitrogen and oxygen atoms in total. The molecule has 0 aliphatic carbocycles. The van der Waals surface area contributed by atoms with Gasteiger partial charge in [0, 0.05) is 11.3 Å². The van der Waals surface area contributed by atoms with Gasteiger partial charge in [-0.25, -0.2) is 13.2 Å². The molecule has 21 heavy (non-hydrogen) atoms. The van der Waals surface area contributed by atoms with Crippen molar-refractivity contribution in [3.8, 4) is 0 Å². The first-order chi connectivity index (χ1) is 10.0. The van der Waals surface area contributed by atoms with Gasteiger partial charge in [0.1, 0.15) is 16.5 Å². The molecule has 0 saturated carbocycles. The molecule has 8 heteroatoms. The van der Waals surface area contributed by atoms with Crippen molar-refractivity contribution in [2.75, 3.05) is 11.6 Å². The zero-order chi connectivity index (χ0) is 15.0. The molecule has 0 N–H and O–H groups in total. The van der Waals surface area contributed by atoms with Crippen LogP contribution in [0.5, 0.6) is 0 Å². The van der Waals surface area contributed by atoms with Crippen LogP contribution in [-0.4, -0.2) is 29.2 Å². The summed E-state index contributed by atoms with van der Waals surface area (Å²) in [5, 5.41) is 4.79. The molecule has 0 atom stereocenters. The molecule has 1 aromatic carbocycles. The van der Waals surface area contributed by atoms with Crippen molar-refractivity contribution in [3.05, 3.63) is 40.9 Å². The van der Waals surface area contributed by atoms with Gasteiger partial charge in [0.25, 0.3) is 10.0 Å². The number of hydrogen-bond acceptors (Lipinski definition) is 5. The summed E-state index contributed by atoms with van der Waals surface area (Å²) in [5.41, 5.74) is 0.0807. The third-order valence-electron chi connectivity index (χ3n) is 3.08. The normalized spacial score (nSPS) is 12.2. The predicted octanol–water partition coefficient (Wildman–Crippen LogP) is 1.95. The molecule has 0 fully saturated rings. The fourth-order valence-electron chi connectivity index (χ4n) is 2.08. The summed E-state index contributed by atoms with van der Waals surface area (Å²) in [5.74, 6) is 0.110. The molecule has 2 aromatic heterocycles. The largest absolute Gasteiger partial charge is 0.422 e. The molecule has 2 heterocycles. The number of para-hydroxylation sites is 1. The third-order valence-corrected chi connectivity index (χ3v) is 4.91. The van der Waals surface area contributed by atoms with Gasteiger partial charge < -0.3 is 4.42 Å². The molecular weight excluding hydrogens is 316 g/mol. The van der Waals surface area contributed by atoms with Crippen molar-refractivity contribution in [1.82, 2.24) is 9.19 Å². The maximum Gasteiger partial charge on any atom is 0.347 e. The maximum absolute atomic E-state index is 12.1. The summed E-state index contributed by atoms with van der Waals surface area (Å²) in [6.07, 6.45) is 1.51. The minimum atomic E-state index is -3.63. The summed E-state index contributed by atoms with van der Waals surface area (Å²) in [7, 11) is -3.63. The highest BCUT2D eigenvalue weighted by Crippen LogP contribution is 2.21. The maximum atomic E-state index is 12.1. The zero-order valence-corrected chi connectivity index (χ0v) is 12.4. The van der Waals surface area contributed by atoms with Crippen LogP contribution in [0.3, 0.4) is 0 Å². The third kappa shape index (κ3) is 2.43. The second kappa shape index (κ2) is 5.16. The number of fused-ring (bicyclic) bond motifs is 3. The molecule has 0 aliphatic rings. The highest BCUT2D eigenvalue weighted by Gasteiger charge is 2.18. The highest BCUT2D eigenvalue weighted by molar-refractivity contribution is 7.89. The van der Waals surface area contributed by atoms with Crippen LogP contribution < -0.4 is 5.63 Å². The summed E-state index contributed by atoms with van der Waals surface area (Å²) >= 11 is 5.52. The average molecular weight is 327 g/mol. The molecule has 0 bridgehead atoms. The minimum absolute atomic E-state index is 0.131. The molecule has 110 valence electrons. The molecule has 0 radical (unpaired) electrons. The van der Waals surface area contributed by atoms with Crippen LogP contribution in [-0.2, 0) is 10.0 Å². The number of halogens is 1. The lowest BCUT2D eigenvalue weighted by atomic mass is 10.2. The quantitative estimate of drug-likeness (QED) is 0.540. The Hall–Kier alpha value is -1.86. The van der Waals surface area contributed by atoms with Crippen LogP contribution in [0.1, 0.15) is 6.42 Å². The minimum Gasteiger partial charge on any atom is -0.422 e. The van der Waals surface area contributed by atoms with Crippen LogP contribution in [0.25, 0.3) is 21.9 Å². The first-order valence-corrected chi connectivity index (χ1v) is 8.38. The van der Waals surface area contributed by atoms with Crippen molar-refractivity contribution < 1.29 is 12.8 Å². The van der Waals surface area contributed by atoms with Crippen LogP contribution in [0.15, 0.2) is 39.7 Å². The van der Waals surface area contributed by atoms with Gasteiger partial charge in [0.2, 0.25) is 0 Å². The van der Waals surface area contributed by atoms with E-state index in [0.717, 1.165) is 4.09 Å². The van der Waals surface area contributed by atoms with Gasteiger partial charge in [-0.1, -0.05) is 12.1 Å². The van der Waals surface area contributed by atoms with Gasteiger partial charge in [0.05, 0.1) is 11.9 Å². The second-order valence-corrected chi connectivity index (χ2v) is 6.83. The van der Waals surface area contributed by atoms with E-state index < -0.39 is 15.6 Å². The Balaban J connectivity index is 2.27. The topological polar surface area (TPSA) is 82.2 Å². The summed E-state index contributed by atoms with van der Waals surface area (Å²) in [4.78, 5) is 11.9. The van der Waals surface area contributed by atoms with Gasteiger partial charge in [-0.2, -0.15) is 9.19 Å². The van der Waals surface area contributed by atoms with Gasteiger partial charge in [-0.3, -0.25) is 0 Å². The first kappa shape index (κ1) is 14.1. The molecule has 0 unspecified atom stereocenters. The van der Waals surface area contributed by atoms with E-state index in [1.54, 1.807) is 24.3 Å². The van der Waals surface area contributed by atoms with Crippen LogP contribution >= 0.6 is 11.6 Å². The smallest absolute Gasteiger partial charge is 0.347 e. The van der Waals surface area contributed by atoms with Gasteiger partial charge in [-0.05, 0) is 18.6 Å². The Bertz CT molecular complexity index is 975. The lowest BCUT2D eigenvalue weighted by Crippen LogP contribution is -2.17. The zero-order valence-electron chi connectivity index (χ0n) is 10.8.